The third-order valence-electron chi connectivity index (χ3n) is 3.94. The van der Waals surface area contributed by atoms with Gasteiger partial charge in [0.05, 0.1) is 19.2 Å². The third kappa shape index (κ3) is 4.87. The topological polar surface area (TPSA) is 106 Å². The molecule has 3 rings (SSSR count). The molecule has 2 aromatic carbocycles. The number of hydroxylamine groups is 1. The molecule has 0 radical (unpaired) electrons. The monoisotopic (exact) mass is 446 g/mol. The smallest absolute Gasteiger partial charge is 0.243 e. The number of rotatable bonds is 8. The Kier molecular flexibility index (Phi) is 6.62. The molecular weight excluding hydrogens is 428 g/mol. The van der Waals surface area contributed by atoms with E-state index in [1.54, 1.807) is 24.7 Å². The molecular formula is C19H19BrN4O4. The fourth-order valence-corrected chi connectivity index (χ4v) is 3.01. The molecule has 0 unspecified atom stereocenters. The predicted octanol–water partition coefficient (Wildman–Crippen LogP) is 3.81. The molecule has 9 heteroatoms. The van der Waals surface area contributed by atoms with Crippen molar-refractivity contribution >= 4 is 44.2 Å². The number of aromatic nitrogens is 2. The van der Waals surface area contributed by atoms with Crippen LogP contribution in [-0.4, -0.2) is 34.8 Å². The quantitative estimate of drug-likeness (QED) is 0.274. The summed E-state index contributed by atoms with van der Waals surface area (Å²) >= 11 is 3.45. The largest absolute Gasteiger partial charge is 0.493 e. The first-order chi connectivity index (χ1) is 13.6. The van der Waals surface area contributed by atoms with Gasteiger partial charge in [-0.25, -0.2) is 15.4 Å². The zero-order chi connectivity index (χ0) is 19.9. The highest BCUT2D eigenvalue weighted by molar-refractivity contribution is 9.10. The molecule has 1 aromatic heterocycles. The zero-order valence-corrected chi connectivity index (χ0v) is 16.7. The number of ether oxygens (including phenoxy) is 2. The molecule has 146 valence electrons. The van der Waals surface area contributed by atoms with Gasteiger partial charge in [-0.3, -0.25) is 10.0 Å². The molecule has 0 aliphatic carbocycles. The molecule has 0 spiro atoms. The van der Waals surface area contributed by atoms with Crippen LogP contribution < -0.4 is 20.3 Å². The van der Waals surface area contributed by atoms with Crippen molar-refractivity contribution in [3.05, 3.63) is 47.2 Å². The summed E-state index contributed by atoms with van der Waals surface area (Å²) in [6.45, 7) is 0.289. The van der Waals surface area contributed by atoms with Crippen molar-refractivity contribution in [3.63, 3.8) is 0 Å². The SMILES string of the molecule is COc1cc2ncnc(Nc3cccc(Br)c3)c2cc1OCCCC(=O)NO. The Labute approximate surface area is 170 Å². The number of carbonyl (C=O) groups is 1. The molecule has 0 aliphatic heterocycles. The molecule has 0 saturated heterocycles. The summed E-state index contributed by atoms with van der Waals surface area (Å²) in [7, 11) is 1.55. The highest BCUT2D eigenvalue weighted by atomic mass is 79.9. The summed E-state index contributed by atoms with van der Waals surface area (Å²) in [5.41, 5.74) is 3.18. The van der Waals surface area contributed by atoms with Crippen molar-refractivity contribution in [3.8, 4) is 11.5 Å². The average molecular weight is 447 g/mol. The van der Waals surface area contributed by atoms with Crippen LogP contribution in [-0.2, 0) is 4.79 Å². The van der Waals surface area contributed by atoms with E-state index in [0.717, 1.165) is 15.5 Å². The van der Waals surface area contributed by atoms with Gasteiger partial charge in [0, 0.05) is 28.0 Å². The predicted molar refractivity (Wildman–Crippen MR) is 108 cm³/mol. The van der Waals surface area contributed by atoms with E-state index in [9.17, 15) is 4.79 Å². The summed E-state index contributed by atoms with van der Waals surface area (Å²) in [4.78, 5) is 19.7. The molecule has 3 N–H and O–H groups in total. The minimum Gasteiger partial charge on any atom is -0.493 e. The third-order valence-corrected chi connectivity index (χ3v) is 4.43. The lowest BCUT2D eigenvalue weighted by Crippen LogP contribution is -2.18. The van der Waals surface area contributed by atoms with Crippen LogP contribution in [0.2, 0.25) is 0 Å². The fraction of sp³-hybridized carbons (Fsp3) is 0.211. The lowest BCUT2D eigenvalue weighted by Gasteiger charge is -2.14. The van der Waals surface area contributed by atoms with Crippen LogP contribution in [0.25, 0.3) is 10.9 Å². The van der Waals surface area contributed by atoms with Gasteiger partial charge in [-0.1, -0.05) is 22.0 Å². The van der Waals surface area contributed by atoms with Crippen LogP contribution in [0, 0.1) is 0 Å². The van der Waals surface area contributed by atoms with Gasteiger partial charge in [0.25, 0.3) is 0 Å². The summed E-state index contributed by atoms with van der Waals surface area (Å²) in [6, 6.07) is 11.3. The van der Waals surface area contributed by atoms with E-state index < -0.39 is 5.91 Å². The van der Waals surface area contributed by atoms with Crippen molar-refractivity contribution in [2.24, 2.45) is 0 Å². The van der Waals surface area contributed by atoms with E-state index in [0.29, 0.717) is 29.3 Å². The van der Waals surface area contributed by atoms with Crippen LogP contribution in [0.1, 0.15) is 12.8 Å². The maximum Gasteiger partial charge on any atom is 0.243 e. The Morgan fingerprint density at radius 3 is 2.82 bits per heavy atom. The summed E-state index contributed by atoms with van der Waals surface area (Å²) in [6.07, 6.45) is 2.09. The zero-order valence-electron chi connectivity index (χ0n) is 15.1. The number of nitrogens with zero attached hydrogens (tertiary/aromatic N) is 2. The van der Waals surface area contributed by atoms with E-state index in [2.05, 4.69) is 31.2 Å². The van der Waals surface area contributed by atoms with Crippen molar-refractivity contribution in [2.75, 3.05) is 19.0 Å². The maximum atomic E-state index is 11.1. The summed E-state index contributed by atoms with van der Waals surface area (Å²) < 4.78 is 12.1. The second-order valence-corrected chi connectivity index (χ2v) is 6.78. The van der Waals surface area contributed by atoms with Crippen LogP contribution >= 0.6 is 15.9 Å². The minimum absolute atomic E-state index is 0.158. The van der Waals surface area contributed by atoms with E-state index in [4.69, 9.17) is 14.7 Å². The summed E-state index contributed by atoms with van der Waals surface area (Å²) in [5.74, 6) is 1.23. The first-order valence-corrected chi connectivity index (χ1v) is 9.31. The molecule has 3 aromatic rings. The standard InChI is InChI=1S/C19H19BrN4O4/c1-27-16-10-15-14(9-17(16)28-7-3-6-18(25)24-26)19(22-11-21-15)23-13-5-2-4-12(20)8-13/h2,4-5,8-11,26H,3,6-7H2,1H3,(H,24,25)(H,21,22,23). The number of hydrogen-bond acceptors (Lipinski definition) is 7. The van der Waals surface area contributed by atoms with Crippen molar-refractivity contribution < 1.29 is 19.5 Å². The second-order valence-electron chi connectivity index (χ2n) is 5.86. The van der Waals surface area contributed by atoms with E-state index in [-0.39, 0.29) is 13.0 Å². The first-order valence-electron chi connectivity index (χ1n) is 8.52. The molecule has 0 saturated carbocycles. The van der Waals surface area contributed by atoms with Gasteiger partial charge in [-0.15, -0.1) is 0 Å². The Morgan fingerprint density at radius 2 is 2.07 bits per heavy atom. The van der Waals surface area contributed by atoms with Crippen molar-refractivity contribution in [1.82, 2.24) is 15.4 Å². The molecule has 8 nitrogen and oxygen atoms in total. The van der Waals surface area contributed by atoms with Gasteiger partial charge >= 0.3 is 0 Å². The van der Waals surface area contributed by atoms with E-state index in [1.165, 1.54) is 6.33 Å². The molecule has 28 heavy (non-hydrogen) atoms. The minimum atomic E-state index is -0.456. The number of nitrogens with one attached hydrogen (secondary N) is 2. The van der Waals surface area contributed by atoms with Crippen LogP contribution in [0.15, 0.2) is 47.2 Å². The molecule has 0 bridgehead atoms. The number of hydrogen-bond donors (Lipinski definition) is 3. The number of anilines is 2. The van der Waals surface area contributed by atoms with E-state index in [1.807, 2.05) is 24.3 Å². The summed E-state index contributed by atoms with van der Waals surface area (Å²) in [5, 5.41) is 12.6. The number of amides is 1. The number of fused-ring (bicyclic) bond motifs is 1. The second kappa shape index (κ2) is 9.34. The van der Waals surface area contributed by atoms with Crippen molar-refractivity contribution in [1.29, 1.82) is 0 Å². The van der Waals surface area contributed by atoms with Crippen molar-refractivity contribution in [2.45, 2.75) is 12.8 Å². The van der Waals surface area contributed by atoms with Crippen LogP contribution in [0.4, 0.5) is 11.5 Å². The molecule has 1 heterocycles. The number of methoxy groups -OCH3 is 1. The Morgan fingerprint density at radius 1 is 1.21 bits per heavy atom. The molecule has 1 amide bonds. The number of halogens is 1. The van der Waals surface area contributed by atoms with Crippen LogP contribution in [0.5, 0.6) is 11.5 Å². The highest BCUT2D eigenvalue weighted by Crippen LogP contribution is 2.35. The number of benzene rings is 2. The molecule has 0 atom stereocenters. The Hall–Kier alpha value is -2.91. The Bertz CT molecular complexity index is 983. The molecule has 0 fully saturated rings. The van der Waals surface area contributed by atoms with E-state index >= 15 is 0 Å². The highest BCUT2D eigenvalue weighted by Gasteiger charge is 2.12. The first kappa shape index (κ1) is 19.8. The fourth-order valence-electron chi connectivity index (χ4n) is 2.61. The van der Waals surface area contributed by atoms with Gasteiger partial charge in [0.1, 0.15) is 12.1 Å². The maximum absolute atomic E-state index is 11.1. The van der Waals surface area contributed by atoms with Gasteiger partial charge in [0.2, 0.25) is 5.91 Å². The van der Waals surface area contributed by atoms with Gasteiger partial charge in [0.15, 0.2) is 11.5 Å². The normalized spacial score (nSPS) is 10.5. The lowest BCUT2D eigenvalue weighted by atomic mass is 10.2. The number of carbonyl (C=O) groups excluding carboxylic acids is 1. The van der Waals surface area contributed by atoms with Gasteiger partial charge in [-0.2, -0.15) is 0 Å². The lowest BCUT2D eigenvalue weighted by molar-refractivity contribution is -0.129. The van der Waals surface area contributed by atoms with Gasteiger partial charge in [-0.05, 0) is 30.7 Å². The van der Waals surface area contributed by atoms with Gasteiger partial charge < -0.3 is 14.8 Å². The average Bonchev–Trinajstić information content (AvgIpc) is 2.70. The van der Waals surface area contributed by atoms with Crippen LogP contribution in [0.3, 0.4) is 0 Å². The molecule has 0 aliphatic rings. The Balaban J connectivity index is 1.86.